The molecule has 0 fully saturated rings. The normalized spacial score (nSPS) is 16.0. The highest BCUT2D eigenvalue weighted by atomic mass is 79.9. The summed E-state index contributed by atoms with van der Waals surface area (Å²) in [5.41, 5.74) is 3.37. The number of amides is 1. The van der Waals surface area contributed by atoms with Crippen molar-refractivity contribution in [1.82, 2.24) is 25.1 Å². The molecule has 0 saturated carbocycles. The third kappa shape index (κ3) is 5.98. The van der Waals surface area contributed by atoms with E-state index >= 15 is 0 Å². The van der Waals surface area contributed by atoms with Gasteiger partial charge in [0.05, 0.1) is 11.3 Å². The van der Waals surface area contributed by atoms with Crippen LogP contribution in [-0.2, 0) is 21.4 Å². The average molecular weight is 635 g/mol. The standard InChI is InChI=1S/C30H25BrClN5O4/c1-30(2)16-36(27(39)12-7-20-14-22(32)9-11-25(20)37-17-33-34-35-37)28(23-15-21(31)8-10-24(23)30)26(38)13-18-3-5-19(6-4-18)29(40)41/h3-12,14-15,17,28H,13,16H2,1-2H3,(H,40,41)/b12-7+. The first-order valence-electron chi connectivity index (χ1n) is 12.7. The van der Waals surface area contributed by atoms with Gasteiger partial charge in [-0.15, -0.1) is 5.10 Å². The molecule has 11 heteroatoms. The molecule has 0 saturated heterocycles. The zero-order valence-electron chi connectivity index (χ0n) is 22.2. The molecule has 1 amide bonds. The van der Waals surface area contributed by atoms with E-state index in [-0.39, 0.29) is 23.7 Å². The second kappa shape index (κ2) is 11.4. The van der Waals surface area contributed by atoms with E-state index in [0.717, 1.165) is 15.6 Å². The minimum Gasteiger partial charge on any atom is -0.478 e. The number of carboxylic acid groups (broad SMARTS) is 1. The number of carboxylic acids is 1. The van der Waals surface area contributed by atoms with Crippen molar-refractivity contribution in [3.8, 4) is 5.69 Å². The highest BCUT2D eigenvalue weighted by Crippen LogP contribution is 2.42. The summed E-state index contributed by atoms with van der Waals surface area (Å²) in [6.45, 7) is 4.40. The molecule has 1 atom stereocenters. The monoisotopic (exact) mass is 633 g/mol. The second-order valence-corrected chi connectivity index (χ2v) is 11.8. The van der Waals surface area contributed by atoms with Gasteiger partial charge in [0.25, 0.3) is 0 Å². The number of hydrogen-bond acceptors (Lipinski definition) is 6. The molecule has 3 aromatic carbocycles. The fraction of sp³-hybridized carbons (Fsp3) is 0.200. The number of rotatable bonds is 7. The summed E-state index contributed by atoms with van der Waals surface area (Å²) in [6, 6.07) is 16.3. The maximum atomic E-state index is 13.9. The van der Waals surface area contributed by atoms with Gasteiger partial charge in [-0.3, -0.25) is 9.59 Å². The maximum absolute atomic E-state index is 13.9. The molecule has 0 radical (unpaired) electrons. The molecule has 0 aliphatic carbocycles. The number of aromatic carboxylic acids is 1. The zero-order valence-corrected chi connectivity index (χ0v) is 24.5. The fourth-order valence-electron chi connectivity index (χ4n) is 5.16. The summed E-state index contributed by atoms with van der Waals surface area (Å²) < 4.78 is 2.27. The first-order valence-corrected chi connectivity index (χ1v) is 13.9. The van der Waals surface area contributed by atoms with E-state index in [1.165, 1.54) is 29.2 Å². The van der Waals surface area contributed by atoms with E-state index in [1.807, 2.05) is 32.0 Å². The topological polar surface area (TPSA) is 118 Å². The van der Waals surface area contributed by atoms with Crippen LogP contribution in [0, 0.1) is 0 Å². The molecule has 208 valence electrons. The van der Waals surface area contributed by atoms with Crippen LogP contribution < -0.4 is 0 Å². The van der Waals surface area contributed by atoms with Crippen molar-refractivity contribution in [1.29, 1.82) is 0 Å². The lowest BCUT2D eigenvalue weighted by molar-refractivity contribution is -0.137. The van der Waals surface area contributed by atoms with Crippen LogP contribution in [0.4, 0.5) is 0 Å². The highest BCUT2D eigenvalue weighted by molar-refractivity contribution is 9.10. The maximum Gasteiger partial charge on any atom is 0.335 e. The number of aromatic nitrogens is 4. The van der Waals surface area contributed by atoms with Crippen LogP contribution in [0.1, 0.15) is 52.5 Å². The Hall–Kier alpha value is -4.15. The summed E-state index contributed by atoms with van der Waals surface area (Å²) in [4.78, 5) is 40.6. The Morgan fingerprint density at radius 2 is 1.85 bits per heavy atom. The lowest BCUT2D eigenvalue weighted by Gasteiger charge is -2.44. The fourth-order valence-corrected chi connectivity index (χ4v) is 5.72. The number of carbonyl (C=O) groups is 3. The molecule has 4 aromatic rings. The third-order valence-electron chi connectivity index (χ3n) is 7.07. The van der Waals surface area contributed by atoms with Gasteiger partial charge < -0.3 is 10.0 Å². The lowest BCUT2D eigenvalue weighted by Crippen LogP contribution is -2.50. The Morgan fingerprint density at radius 1 is 1.10 bits per heavy atom. The molecule has 2 heterocycles. The van der Waals surface area contributed by atoms with E-state index in [0.29, 0.717) is 28.4 Å². The average Bonchev–Trinajstić information content (AvgIpc) is 3.46. The van der Waals surface area contributed by atoms with Crippen LogP contribution in [0.2, 0.25) is 5.02 Å². The number of benzene rings is 3. The number of ketones is 1. The van der Waals surface area contributed by atoms with Gasteiger partial charge in [-0.1, -0.05) is 59.6 Å². The summed E-state index contributed by atoms with van der Waals surface area (Å²) in [5, 5.41) is 21.0. The SMILES string of the molecule is CC1(C)CN(C(=O)/C=C/c2cc(Cl)ccc2-n2cnnn2)C(C(=O)Cc2ccc(C(=O)O)cc2)c2cc(Br)ccc21. The predicted molar refractivity (Wildman–Crippen MR) is 157 cm³/mol. The van der Waals surface area contributed by atoms with E-state index in [1.54, 1.807) is 41.3 Å². The van der Waals surface area contributed by atoms with Gasteiger partial charge in [-0.25, -0.2) is 4.79 Å². The smallest absolute Gasteiger partial charge is 0.335 e. The molecular weight excluding hydrogens is 610 g/mol. The Balaban J connectivity index is 1.51. The minimum absolute atomic E-state index is 0.0299. The van der Waals surface area contributed by atoms with Crippen LogP contribution in [0.15, 0.2) is 77.5 Å². The molecular formula is C30H25BrClN5O4. The number of carbonyl (C=O) groups excluding carboxylic acids is 2. The number of Topliss-reactive ketones (excluding diaryl/α,β-unsaturated/α-hetero) is 1. The molecule has 1 N–H and O–H groups in total. The molecule has 0 bridgehead atoms. The molecule has 41 heavy (non-hydrogen) atoms. The van der Waals surface area contributed by atoms with Crippen molar-refractivity contribution in [2.75, 3.05) is 6.54 Å². The van der Waals surface area contributed by atoms with Crippen molar-refractivity contribution in [2.45, 2.75) is 31.7 Å². The molecule has 5 rings (SSSR count). The predicted octanol–water partition coefficient (Wildman–Crippen LogP) is 5.46. The molecule has 0 spiro atoms. The van der Waals surface area contributed by atoms with Crippen LogP contribution >= 0.6 is 27.5 Å². The van der Waals surface area contributed by atoms with Gasteiger partial charge >= 0.3 is 5.97 Å². The molecule has 1 unspecified atom stereocenters. The molecule has 9 nitrogen and oxygen atoms in total. The summed E-state index contributed by atoms with van der Waals surface area (Å²) in [7, 11) is 0. The Kier molecular flexibility index (Phi) is 7.88. The van der Waals surface area contributed by atoms with Gasteiger partial charge in [0.15, 0.2) is 5.78 Å². The van der Waals surface area contributed by atoms with E-state index in [4.69, 9.17) is 11.6 Å². The van der Waals surface area contributed by atoms with Crippen LogP contribution in [0.5, 0.6) is 0 Å². The van der Waals surface area contributed by atoms with Gasteiger partial charge in [-0.05, 0) is 75.7 Å². The van der Waals surface area contributed by atoms with E-state index < -0.39 is 17.4 Å². The van der Waals surface area contributed by atoms with E-state index in [2.05, 4.69) is 31.5 Å². The summed E-state index contributed by atoms with van der Waals surface area (Å²) in [6.07, 6.45) is 4.55. The van der Waals surface area contributed by atoms with Crippen molar-refractivity contribution in [2.24, 2.45) is 0 Å². The minimum atomic E-state index is -1.04. The number of tetrazole rings is 1. The quantitative estimate of drug-likeness (QED) is 0.268. The van der Waals surface area contributed by atoms with Crippen LogP contribution in [-0.4, -0.2) is 54.4 Å². The first-order chi connectivity index (χ1) is 19.5. The van der Waals surface area contributed by atoms with Gasteiger partial charge in [0.1, 0.15) is 12.4 Å². The highest BCUT2D eigenvalue weighted by Gasteiger charge is 2.42. The second-order valence-electron chi connectivity index (χ2n) is 10.4. The molecule has 1 aliphatic rings. The molecule has 1 aromatic heterocycles. The Labute approximate surface area is 249 Å². The first kappa shape index (κ1) is 28.4. The van der Waals surface area contributed by atoms with Gasteiger partial charge in [0, 0.05) is 39.5 Å². The number of fused-ring (bicyclic) bond motifs is 1. The zero-order chi connectivity index (χ0) is 29.3. The van der Waals surface area contributed by atoms with Gasteiger partial charge in [-0.2, -0.15) is 4.68 Å². The van der Waals surface area contributed by atoms with Crippen molar-refractivity contribution in [3.63, 3.8) is 0 Å². The van der Waals surface area contributed by atoms with Crippen molar-refractivity contribution < 1.29 is 19.5 Å². The van der Waals surface area contributed by atoms with Crippen molar-refractivity contribution in [3.05, 3.63) is 110 Å². The summed E-state index contributed by atoms with van der Waals surface area (Å²) >= 11 is 9.78. The number of hydrogen-bond donors (Lipinski definition) is 1. The third-order valence-corrected chi connectivity index (χ3v) is 7.80. The van der Waals surface area contributed by atoms with Crippen molar-refractivity contribution >= 4 is 51.3 Å². The largest absolute Gasteiger partial charge is 0.478 e. The summed E-state index contributed by atoms with van der Waals surface area (Å²) in [5.74, 6) is -1.56. The van der Waals surface area contributed by atoms with Crippen LogP contribution in [0.25, 0.3) is 11.8 Å². The van der Waals surface area contributed by atoms with Gasteiger partial charge in [0.2, 0.25) is 5.91 Å². The Morgan fingerprint density at radius 3 is 2.54 bits per heavy atom. The number of halogens is 2. The lowest BCUT2D eigenvalue weighted by atomic mass is 9.74. The van der Waals surface area contributed by atoms with E-state index in [9.17, 15) is 19.5 Å². The van der Waals surface area contributed by atoms with Crippen LogP contribution in [0.3, 0.4) is 0 Å². The number of nitrogens with zero attached hydrogens (tertiary/aromatic N) is 5. The Bertz CT molecular complexity index is 1670. The molecule has 1 aliphatic heterocycles.